The Morgan fingerprint density at radius 3 is 2.45 bits per heavy atom. The van der Waals surface area contributed by atoms with E-state index in [1.807, 2.05) is 0 Å². The molecular formula is C18H27NO. The fourth-order valence-electron chi connectivity index (χ4n) is 3.69. The summed E-state index contributed by atoms with van der Waals surface area (Å²) in [4.78, 5) is 0. The molecule has 1 aromatic carbocycles. The lowest BCUT2D eigenvalue weighted by molar-refractivity contribution is -0.118. The van der Waals surface area contributed by atoms with Gasteiger partial charge in [-0.1, -0.05) is 44.2 Å². The number of ether oxygens (including phenoxy) is 1. The van der Waals surface area contributed by atoms with Gasteiger partial charge in [0.05, 0.1) is 6.10 Å². The minimum atomic E-state index is 0.286. The summed E-state index contributed by atoms with van der Waals surface area (Å²) in [7, 11) is 0. The highest BCUT2D eigenvalue weighted by molar-refractivity contribution is 5.23. The first kappa shape index (κ1) is 14.1. The van der Waals surface area contributed by atoms with Gasteiger partial charge in [0.25, 0.3) is 0 Å². The first-order valence-corrected chi connectivity index (χ1v) is 8.04. The van der Waals surface area contributed by atoms with Crippen LogP contribution in [-0.2, 0) is 4.74 Å². The monoisotopic (exact) mass is 273 g/mol. The van der Waals surface area contributed by atoms with Crippen molar-refractivity contribution in [2.75, 3.05) is 6.61 Å². The predicted octanol–water partition coefficient (Wildman–Crippen LogP) is 3.73. The van der Waals surface area contributed by atoms with E-state index in [0.717, 1.165) is 12.5 Å². The molecule has 2 fully saturated rings. The third-order valence-corrected chi connectivity index (χ3v) is 5.39. The van der Waals surface area contributed by atoms with Crippen molar-refractivity contribution >= 4 is 0 Å². The predicted molar refractivity (Wildman–Crippen MR) is 82.9 cm³/mol. The Balaban J connectivity index is 1.46. The summed E-state index contributed by atoms with van der Waals surface area (Å²) in [6.45, 7) is 7.59. The molecule has 0 aliphatic heterocycles. The summed E-state index contributed by atoms with van der Waals surface area (Å²) < 4.78 is 5.81. The van der Waals surface area contributed by atoms with Crippen LogP contribution in [0.5, 0.6) is 0 Å². The zero-order valence-corrected chi connectivity index (χ0v) is 12.9. The van der Waals surface area contributed by atoms with Gasteiger partial charge in [-0.2, -0.15) is 0 Å². The Hall–Kier alpha value is -0.860. The third-order valence-electron chi connectivity index (χ3n) is 5.39. The second-order valence-corrected chi connectivity index (χ2v) is 7.00. The van der Waals surface area contributed by atoms with Gasteiger partial charge in [-0.05, 0) is 37.7 Å². The van der Waals surface area contributed by atoms with Crippen LogP contribution in [0.4, 0.5) is 0 Å². The maximum atomic E-state index is 5.81. The molecule has 2 unspecified atom stereocenters. The van der Waals surface area contributed by atoms with Crippen molar-refractivity contribution in [1.29, 1.82) is 0 Å². The topological polar surface area (TPSA) is 21.3 Å². The zero-order valence-electron chi connectivity index (χ0n) is 12.9. The molecule has 20 heavy (non-hydrogen) atoms. The molecule has 2 heteroatoms. The molecule has 0 amide bonds. The summed E-state index contributed by atoms with van der Waals surface area (Å²) in [6, 6.07) is 12.3. The van der Waals surface area contributed by atoms with Crippen molar-refractivity contribution in [2.24, 2.45) is 5.41 Å². The Bertz CT molecular complexity index is 436. The van der Waals surface area contributed by atoms with Crippen LogP contribution in [-0.4, -0.2) is 24.8 Å². The number of rotatable bonds is 5. The minimum absolute atomic E-state index is 0.286. The highest BCUT2D eigenvalue weighted by Crippen LogP contribution is 2.45. The fourth-order valence-corrected chi connectivity index (χ4v) is 3.69. The lowest BCUT2D eigenvalue weighted by Crippen LogP contribution is -2.64. The second-order valence-electron chi connectivity index (χ2n) is 7.00. The standard InChI is InChI=1S/C18H27NO/c1-4-20-17-12-16(18(17,2)3)19-15-10-14(11-15)13-8-6-5-7-9-13/h5-9,14-17,19H,4,10-12H2,1-3H3. The lowest BCUT2D eigenvalue weighted by atomic mass is 9.63. The average Bonchev–Trinajstić information content (AvgIpc) is 2.40. The van der Waals surface area contributed by atoms with Gasteiger partial charge in [0.1, 0.15) is 0 Å². The lowest BCUT2D eigenvalue weighted by Gasteiger charge is -2.54. The summed E-state index contributed by atoms with van der Waals surface area (Å²) in [6.07, 6.45) is 4.19. The first-order chi connectivity index (χ1) is 9.61. The largest absolute Gasteiger partial charge is 0.378 e. The molecule has 2 atom stereocenters. The van der Waals surface area contributed by atoms with Gasteiger partial charge < -0.3 is 10.1 Å². The van der Waals surface area contributed by atoms with Gasteiger partial charge in [0, 0.05) is 24.1 Å². The highest BCUT2D eigenvalue weighted by Gasteiger charge is 2.50. The van der Waals surface area contributed by atoms with E-state index in [0.29, 0.717) is 18.2 Å². The maximum absolute atomic E-state index is 5.81. The third kappa shape index (κ3) is 2.51. The van der Waals surface area contributed by atoms with Crippen molar-refractivity contribution in [3.05, 3.63) is 35.9 Å². The number of hydrogen-bond acceptors (Lipinski definition) is 2. The first-order valence-electron chi connectivity index (χ1n) is 8.04. The molecule has 2 aliphatic rings. The van der Waals surface area contributed by atoms with Crippen LogP contribution in [0, 0.1) is 5.41 Å². The van der Waals surface area contributed by atoms with Crippen molar-refractivity contribution in [2.45, 2.75) is 64.1 Å². The van der Waals surface area contributed by atoms with Crippen molar-refractivity contribution in [1.82, 2.24) is 5.32 Å². The molecular weight excluding hydrogens is 246 g/mol. The van der Waals surface area contributed by atoms with Crippen molar-refractivity contribution < 1.29 is 4.74 Å². The van der Waals surface area contributed by atoms with Gasteiger partial charge in [0.2, 0.25) is 0 Å². The molecule has 2 aliphatic carbocycles. The molecule has 3 rings (SSSR count). The van der Waals surface area contributed by atoms with E-state index in [4.69, 9.17) is 4.74 Å². The maximum Gasteiger partial charge on any atom is 0.0655 e. The van der Waals surface area contributed by atoms with Crippen LogP contribution in [0.3, 0.4) is 0 Å². The second kappa shape index (κ2) is 5.50. The average molecular weight is 273 g/mol. The van der Waals surface area contributed by atoms with Crippen molar-refractivity contribution in [3.8, 4) is 0 Å². The number of hydrogen-bond donors (Lipinski definition) is 1. The molecule has 110 valence electrons. The molecule has 0 bridgehead atoms. The molecule has 0 radical (unpaired) electrons. The van der Waals surface area contributed by atoms with Gasteiger partial charge >= 0.3 is 0 Å². The van der Waals surface area contributed by atoms with E-state index in [-0.39, 0.29) is 5.41 Å². The molecule has 1 aromatic rings. The van der Waals surface area contributed by atoms with Gasteiger partial charge in [-0.3, -0.25) is 0 Å². The summed E-state index contributed by atoms with van der Waals surface area (Å²) >= 11 is 0. The molecule has 0 aromatic heterocycles. The van der Waals surface area contributed by atoms with Crippen LogP contribution in [0.2, 0.25) is 0 Å². The summed E-state index contributed by atoms with van der Waals surface area (Å²) in [5, 5.41) is 3.85. The summed E-state index contributed by atoms with van der Waals surface area (Å²) in [5.74, 6) is 0.763. The van der Waals surface area contributed by atoms with Gasteiger partial charge in [0.15, 0.2) is 0 Å². The Morgan fingerprint density at radius 1 is 1.15 bits per heavy atom. The minimum Gasteiger partial charge on any atom is -0.378 e. The number of benzene rings is 1. The molecule has 2 saturated carbocycles. The van der Waals surface area contributed by atoms with Crippen LogP contribution < -0.4 is 5.32 Å². The van der Waals surface area contributed by atoms with Gasteiger partial charge in [-0.15, -0.1) is 0 Å². The molecule has 0 saturated heterocycles. The van der Waals surface area contributed by atoms with E-state index in [9.17, 15) is 0 Å². The summed E-state index contributed by atoms with van der Waals surface area (Å²) in [5.41, 5.74) is 1.79. The van der Waals surface area contributed by atoms with Gasteiger partial charge in [-0.25, -0.2) is 0 Å². The van der Waals surface area contributed by atoms with E-state index in [2.05, 4.69) is 56.4 Å². The molecule has 0 spiro atoms. The fraction of sp³-hybridized carbons (Fsp3) is 0.667. The molecule has 1 N–H and O–H groups in total. The Labute approximate surface area is 122 Å². The Morgan fingerprint density at radius 2 is 1.85 bits per heavy atom. The van der Waals surface area contributed by atoms with E-state index < -0.39 is 0 Å². The van der Waals surface area contributed by atoms with E-state index >= 15 is 0 Å². The normalized spacial score (nSPS) is 35.1. The highest BCUT2D eigenvalue weighted by atomic mass is 16.5. The SMILES string of the molecule is CCOC1CC(NC2CC(c3ccccc3)C2)C1(C)C. The number of nitrogens with one attached hydrogen (secondary N) is 1. The quantitative estimate of drug-likeness (QED) is 0.882. The van der Waals surface area contributed by atoms with Crippen molar-refractivity contribution in [3.63, 3.8) is 0 Å². The smallest absolute Gasteiger partial charge is 0.0655 e. The molecule has 2 nitrogen and oxygen atoms in total. The van der Waals surface area contributed by atoms with E-state index in [1.165, 1.54) is 24.8 Å². The van der Waals surface area contributed by atoms with Crippen LogP contribution in [0.15, 0.2) is 30.3 Å². The van der Waals surface area contributed by atoms with E-state index in [1.54, 1.807) is 0 Å². The van der Waals surface area contributed by atoms with Crippen LogP contribution in [0.1, 0.15) is 51.5 Å². The Kier molecular flexibility index (Phi) is 3.87. The van der Waals surface area contributed by atoms with Crippen LogP contribution in [0.25, 0.3) is 0 Å². The van der Waals surface area contributed by atoms with Crippen LogP contribution >= 0.6 is 0 Å². The zero-order chi connectivity index (χ0) is 14.2. The molecule has 0 heterocycles.